The quantitative estimate of drug-likeness (QED) is 0.366. The molecule has 0 saturated carbocycles. The Hall–Kier alpha value is -4.17. The molecule has 1 aliphatic carbocycles. The molecule has 1 aliphatic rings. The highest BCUT2D eigenvalue weighted by atomic mass is 16.5. The number of aliphatic carboxylic acids is 1. The van der Waals surface area contributed by atoms with E-state index < -0.39 is 35.7 Å². The van der Waals surface area contributed by atoms with Gasteiger partial charge in [-0.2, -0.15) is 0 Å². The predicted molar refractivity (Wildman–Crippen MR) is 143 cm³/mol. The number of benzene rings is 3. The topological polar surface area (TPSA) is 114 Å². The maximum absolute atomic E-state index is 13.0. The van der Waals surface area contributed by atoms with Crippen molar-refractivity contribution in [2.75, 3.05) is 6.61 Å². The Labute approximate surface area is 222 Å². The fraction of sp³-hybridized carbons (Fsp3) is 0.300. The van der Waals surface area contributed by atoms with Crippen molar-refractivity contribution in [1.29, 1.82) is 0 Å². The second kappa shape index (κ2) is 11.5. The largest absolute Gasteiger partial charge is 0.480 e. The molecule has 8 nitrogen and oxygen atoms in total. The zero-order valence-electron chi connectivity index (χ0n) is 21.6. The SMILES string of the molecule is C[C@@H](OCc1ccccc1)[C@H](NC(=O)C(C)(C)NC(=O)OCC1c2ccccc2-c2ccccc21)C(=O)O. The number of carbonyl (C=O) groups excluding carboxylic acids is 2. The standard InChI is InChI=1S/C30H32N2O6/c1-19(37-17-20-11-5-4-6-12-20)26(27(33)34)31-28(35)30(2,3)32-29(36)38-18-25-23-15-9-7-13-21(23)22-14-8-10-16-24(22)25/h4-16,19,25-26H,17-18H2,1-3H3,(H,31,35)(H,32,36)(H,33,34)/t19-,26+/m1/s1. The molecule has 0 unspecified atom stereocenters. The average Bonchev–Trinajstić information content (AvgIpc) is 3.22. The molecule has 3 aromatic rings. The molecule has 0 aromatic heterocycles. The summed E-state index contributed by atoms with van der Waals surface area (Å²) in [6.07, 6.45) is -1.59. The molecular formula is C30H32N2O6. The van der Waals surface area contributed by atoms with Crippen molar-refractivity contribution in [1.82, 2.24) is 10.6 Å². The molecule has 2 atom stereocenters. The van der Waals surface area contributed by atoms with Crippen LogP contribution in [0.15, 0.2) is 78.9 Å². The van der Waals surface area contributed by atoms with Gasteiger partial charge in [-0.3, -0.25) is 4.79 Å². The molecule has 3 N–H and O–H groups in total. The molecule has 8 heteroatoms. The maximum Gasteiger partial charge on any atom is 0.408 e. The number of nitrogens with one attached hydrogen (secondary N) is 2. The minimum absolute atomic E-state index is 0.0969. The summed E-state index contributed by atoms with van der Waals surface area (Å²) in [7, 11) is 0. The monoisotopic (exact) mass is 516 g/mol. The lowest BCUT2D eigenvalue weighted by Gasteiger charge is -2.29. The van der Waals surface area contributed by atoms with Gasteiger partial charge in [0, 0.05) is 5.92 Å². The van der Waals surface area contributed by atoms with Crippen molar-refractivity contribution in [2.24, 2.45) is 0 Å². The fourth-order valence-corrected chi connectivity index (χ4v) is 4.55. The molecule has 0 aliphatic heterocycles. The summed E-state index contributed by atoms with van der Waals surface area (Å²) >= 11 is 0. The number of fused-ring (bicyclic) bond motifs is 3. The third-order valence-corrected chi connectivity index (χ3v) is 6.70. The number of alkyl carbamates (subject to hydrolysis) is 1. The van der Waals surface area contributed by atoms with Crippen LogP contribution in [0.4, 0.5) is 4.79 Å². The average molecular weight is 517 g/mol. The first-order valence-electron chi connectivity index (χ1n) is 12.5. The third-order valence-electron chi connectivity index (χ3n) is 6.70. The molecule has 0 spiro atoms. The zero-order chi connectivity index (χ0) is 27.3. The van der Waals surface area contributed by atoms with Crippen LogP contribution in [0.1, 0.15) is 43.4 Å². The summed E-state index contributed by atoms with van der Waals surface area (Å²) in [5.41, 5.74) is 3.82. The second-order valence-corrected chi connectivity index (χ2v) is 9.87. The number of carboxylic acids is 1. The Bertz CT molecular complexity index is 1260. The first-order valence-corrected chi connectivity index (χ1v) is 12.5. The molecule has 0 radical (unpaired) electrons. The lowest BCUT2D eigenvalue weighted by Crippen LogP contribution is -2.60. The summed E-state index contributed by atoms with van der Waals surface area (Å²) in [6.45, 7) is 4.84. The number of carboxylic acid groups (broad SMARTS) is 1. The molecule has 38 heavy (non-hydrogen) atoms. The summed E-state index contributed by atoms with van der Waals surface area (Å²) in [6, 6.07) is 24.0. The molecule has 0 heterocycles. The van der Waals surface area contributed by atoms with Crippen molar-refractivity contribution in [3.05, 3.63) is 95.6 Å². The Kier molecular flexibility index (Phi) is 8.12. The van der Waals surface area contributed by atoms with Gasteiger partial charge in [0.05, 0.1) is 12.7 Å². The molecule has 2 amide bonds. The highest BCUT2D eigenvalue weighted by molar-refractivity contribution is 5.92. The highest BCUT2D eigenvalue weighted by Gasteiger charge is 2.36. The van der Waals surface area contributed by atoms with Crippen LogP contribution in [-0.4, -0.2) is 47.4 Å². The van der Waals surface area contributed by atoms with Crippen LogP contribution in [-0.2, 0) is 25.7 Å². The van der Waals surface area contributed by atoms with Crippen LogP contribution < -0.4 is 10.6 Å². The number of hydrogen-bond acceptors (Lipinski definition) is 5. The Morgan fingerprint density at radius 3 is 2.03 bits per heavy atom. The van der Waals surface area contributed by atoms with Crippen molar-refractivity contribution in [3.8, 4) is 11.1 Å². The minimum Gasteiger partial charge on any atom is -0.480 e. The van der Waals surface area contributed by atoms with Crippen molar-refractivity contribution >= 4 is 18.0 Å². The van der Waals surface area contributed by atoms with Crippen LogP contribution in [0.25, 0.3) is 11.1 Å². The van der Waals surface area contributed by atoms with E-state index in [1.165, 1.54) is 13.8 Å². The molecule has 0 bridgehead atoms. The summed E-state index contributed by atoms with van der Waals surface area (Å²) in [4.78, 5) is 37.6. The number of ether oxygens (including phenoxy) is 2. The van der Waals surface area contributed by atoms with Crippen LogP contribution in [0, 0.1) is 0 Å². The van der Waals surface area contributed by atoms with Crippen LogP contribution in [0.3, 0.4) is 0 Å². The van der Waals surface area contributed by atoms with Crippen molar-refractivity contribution in [2.45, 2.75) is 51.0 Å². The van der Waals surface area contributed by atoms with Gasteiger partial charge in [0.25, 0.3) is 0 Å². The van der Waals surface area contributed by atoms with Gasteiger partial charge >= 0.3 is 12.1 Å². The van der Waals surface area contributed by atoms with Gasteiger partial charge < -0.3 is 25.2 Å². The van der Waals surface area contributed by atoms with E-state index in [9.17, 15) is 19.5 Å². The lowest BCUT2D eigenvalue weighted by molar-refractivity contribution is -0.147. The Morgan fingerprint density at radius 1 is 0.895 bits per heavy atom. The van der Waals surface area contributed by atoms with Gasteiger partial charge in [0.1, 0.15) is 12.1 Å². The van der Waals surface area contributed by atoms with E-state index in [1.807, 2.05) is 78.9 Å². The number of hydrogen-bond donors (Lipinski definition) is 3. The highest BCUT2D eigenvalue weighted by Crippen LogP contribution is 2.44. The summed E-state index contributed by atoms with van der Waals surface area (Å²) in [5.74, 6) is -2.03. The number of rotatable bonds is 10. The van der Waals surface area contributed by atoms with Crippen LogP contribution in [0.2, 0.25) is 0 Å². The van der Waals surface area contributed by atoms with E-state index in [0.29, 0.717) is 0 Å². The van der Waals surface area contributed by atoms with Gasteiger partial charge in [-0.1, -0.05) is 78.9 Å². The third kappa shape index (κ3) is 6.03. The smallest absolute Gasteiger partial charge is 0.408 e. The summed E-state index contributed by atoms with van der Waals surface area (Å²) < 4.78 is 11.2. The Balaban J connectivity index is 1.34. The van der Waals surface area contributed by atoms with Gasteiger partial charge in [-0.25, -0.2) is 9.59 Å². The minimum atomic E-state index is -1.44. The summed E-state index contributed by atoms with van der Waals surface area (Å²) in [5, 5.41) is 14.7. The molecule has 4 rings (SSSR count). The van der Waals surface area contributed by atoms with E-state index >= 15 is 0 Å². The van der Waals surface area contributed by atoms with Crippen LogP contribution in [0.5, 0.6) is 0 Å². The molecule has 0 fully saturated rings. The van der Waals surface area contributed by atoms with E-state index in [1.54, 1.807) is 6.92 Å². The van der Waals surface area contributed by atoms with E-state index in [2.05, 4.69) is 10.6 Å². The zero-order valence-corrected chi connectivity index (χ0v) is 21.6. The first-order chi connectivity index (χ1) is 18.2. The van der Waals surface area contributed by atoms with Gasteiger partial charge in [0.2, 0.25) is 5.91 Å². The number of carbonyl (C=O) groups is 3. The van der Waals surface area contributed by atoms with Crippen molar-refractivity contribution in [3.63, 3.8) is 0 Å². The number of amides is 2. The molecule has 0 saturated heterocycles. The van der Waals surface area contributed by atoms with E-state index in [4.69, 9.17) is 9.47 Å². The second-order valence-electron chi connectivity index (χ2n) is 9.87. The van der Waals surface area contributed by atoms with Gasteiger partial charge in [-0.15, -0.1) is 0 Å². The van der Waals surface area contributed by atoms with Gasteiger partial charge in [0.15, 0.2) is 6.04 Å². The van der Waals surface area contributed by atoms with Crippen LogP contribution >= 0.6 is 0 Å². The van der Waals surface area contributed by atoms with E-state index in [-0.39, 0.29) is 19.1 Å². The maximum atomic E-state index is 13.0. The fourth-order valence-electron chi connectivity index (χ4n) is 4.55. The molecule has 3 aromatic carbocycles. The van der Waals surface area contributed by atoms with E-state index in [0.717, 1.165) is 27.8 Å². The van der Waals surface area contributed by atoms with Gasteiger partial charge in [-0.05, 0) is 48.6 Å². The first kappa shape index (κ1) is 26.9. The normalized spacial score (nSPS) is 14.1. The lowest BCUT2D eigenvalue weighted by atomic mass is 9.98. The molecule has 198 valence electrons. The van der Waals surface area contributed by atoms with Crippen molar-refractivity contribution < 1.29 is 29.0 Å². The Morgan fingerprint density at radius 2 is 1.45 bits per heavy atom. The predicted octanol–water partition coefficient (Wildman–Crippen LogP) is 4.48. The molecular weight excluding hydrogens is 484 g/mol.